The van der Waals surface area contributed by atoms with Gasteiger partial charge in [-0.2, -0.15) is 0 Å². The maximum atomic E-state index is 5.15. The summed E-state index contributed by atoms with van der Waals surface area (Å²) in [6.45, 7) is 4.58. The molecule has 1 aliphatic carbocycles. The van der Waals surface area contributed by atoms with Crippen molar-refractivity contribution < 1.29 is 4.74 Å². The van der Waals surface area contributed by atoms with E-state index >= 15 is 0 Å². The monoisotopic (exact) mass is 272 g/mol. The first-order valence-corrected chi connectivity index (χ1v) is 7.99. The van der Waals surface area contributed by atoms with E-state index in [2.05, 4.69) is 36.9 Å². The Balaban J connectivity index is 1.71. The van der Waals surface area contributed by atoms with Crippen LogP contribution in [0.4, 0.5) is 0 Å². The summed E-state index contributed by atoms with van der Waals surface area (Å²) in [7, 11) is 1.75. The summed E-state index contributed by atoms with van der Waals surface area (Å²) in [6.07, 6.45) is 11.5. The second-order valence-corrected chi connectivity index (χ2v) is 6.20. The van der Waals surface area contributed by atoms with Crippen molar-refractivity contribution in [3.8, 4) is 0 Å². The van der Waals surface area contributed by atoms with Crippen LogP contribution in [-0.2, 0) is 17.8 Å². The lowest BCUT2D eigenvalue weighted by Gasteiger charge is -2.27. The minimum absolute atomic E-state index is 0.716. The second kappa shape index (κ2) is 8.26. The van der Waals surface area contributed by atoms with Crippen molar-refractivity contribution in [3.63, 3.8) is 0 Å². The number of ether oxygens (including phenoxy) is 1. The first kappa shape index (κ1) is 15.3. The quantitative estimate of drug-likeness (QED) is 0.624. The zero-order valence-corrected chi connectivity index (χ0v) is 12.8. The molecule has 1 fully saturated rings. The number of hydrogen-bond donors (Lipinski definition) is 0. The first-order chi connectivity index (χ1) is 9.81. The van der Waals surface area contributed by atoms with Gasteiger partial charge in [0.25, 0.3) is 0 Å². The number of hydrogen-bond acceptors (Lipinski definition) is 1. The number of benzene rings is 1. The van der Waals surface area contributed by atoms with Gasteiger partial charge in [-0.25, -0.2) is 0 Å². The van der Waals surface area contributed by atoms with E-state index in [9.17, 15) is 0 Å². The number of rotatable bonds is 7. The molecule has 1 saturated carbocycles. The fourth-order valence-corrected chi connectivity index (χ4v) is 3.33. The lowest BCUT2D eigenvalue weighted by atomic mass is 9.78. The van der Waals surface area contributed by atoms with Gasteiger partial charge in [0.2, 0.25) is 0 Å². The highest BCUT2D eigenvalue weighted by atomic mass is 16.5. The molecule has 0 atom stereocenters. The molecule has 0 unspecified atom stereocenters. The summed E-state index contributed by atoms with van der Waals surface area (Å²) in [5.74, 6) is 1.85. The van der Waals surface area contributed by atoms with Gasteiger partial charge >= 0.3 is 0 Å². The predicted octanol–water partition coefficient (Wildman–Crippen LogP) is 5.15. The van der Waals surface area contributed by atoms with E-state index in [1.54, 1.807) is 7.11 Å². The molecule has 110 valence electrons. The SMILES string of the molecule is C=CCC1CCC(CCc2ccc(COC)cc2)CC1. The normalized spacial score (nSPS) is 22.6. The largest absolute Gasteiger partial charge is 0.380 e. The molecule has 0 radical (unpaired) electrons. The van der Waals surface area contributed by atoms with E-state index < -0.39 is 0 Å². The van der Waals surface area contributed by atoms with Crippen LogP contribution in [0.2, 0.25) is 0 Å². The lowest BCUT2D eigenvalue weighted by Crippen LogP contribution is -2.14. The highest BCUT2D eigenvalue weighted by molar-refractivity contribution is 5.22. The first-order valence-electron chi connectivity index (χ1n) is 7.99. The summed E-state index contributed by atoms with van der Waals surface area (Å²) in [6, 6.07) is 8.91. The Hall–Kier alpha value is -1.08. The highest BCUT2D eigenvalue weighted by Gasteiger charge is 2.19. The molecule has 0 N–H and O–H groups in total. The van der Waals surface area contributed by atoms with E-state index in [0.717, 1.165) is 11.8 Å². The standard InChI is InChI=1S/C19H28O/c1-3-4-16-5-7-17(8-6-16)9-10-18-11-13-19(14-12-18)15-20-2/h3,11-14,16-17H,1,4-10,15H2,2H3. The van der Waals surface area contributed by atoms with Crippen LogP contribution in [0.3, 0.4) is 0 Å². The van der Waals surface area contributed by atoms with E-state index in [4.69, 9.17) is 4.74 Å². The molecule has 0 heterocycles. The third-order valence-corrected chi connectivity index (χ3v) is 4.64. The Morgan fingerprint density at radius 1 is 1.05 bits per heavy atom. The van der Waals surface area contributed by atoms with Gasteiger partial charge in [0.05, 0.1) is 6.61 Å². The molecule has 1 heteroatoms. The third kappa shape index (κ3) is 4.79. The molecule has 2 rings (SSSR count). The Labute approximate surface area is 124 Å². The fraction of sp³-hybridized carbons (Fsp3) is 0.579. The molecule has 1 aromatic rings. The van der Waals surface area contributed by atoms with Gasteiger partial charge < -0.3 is 4.74 Å². The zero-order valence-electron chi connectivity index (χ0n) is 12.8. The highest BCUT2D eigenvalue weighted by Crippen LogP contribution is 2.33. The average molecular weight is 272 g/mol. The molecular weight excluding hydrogens is 244 g/mol. The van der Waals surface area contributed by atoms with Crippen LogP contribution in [-0.4, -0.2) is 7.11 Å². The molecule has 1 aliphatic rings. The van der Waals surface area contributed by atoms with E-state index in [1.807, 2.05) is 0 Å². The Morgan fingerprint density at radius 3 is 2.25 bits per heavy atom. The van der Waals surface area contributed by atoms with Gasteiger partial charge in [-0.15, -0.1) is 6.58 Å². The smallest absolute Gasteiger partial charge is 0.0713 e. The summed E-state index contributed by atoms with van der Waals surface area (Å²) in [4.78, 5) is 0. The Kier molecular flexibility index (Phi) is 6.32. The maximum absolute atomic E-state index is 5.15. The molecule has 0 bridgehead atoms. The molecule has 0 amide bonds. The molecule has 0 aromatic heterocycles. The maximum Gasteiger partial charge on any atom is 0.0713 e. The summed E-state index contributed by atoms with van der Waals surface area (Å²) in [5, 5.41) is 0. The molecule has 20 heavy (non-hydrogen) atoms. The molecule has 0 saturated heterocycles. The van der Waals surface area contributed by atoms with E-state index in [0.29, 0.717) is 6.61 Å². The summed E-state index contributed by atoms with van der Waals surface area (Å²) in [5.41, 5.74) is 2.74. The van der Waals surface area contributed by atoms with Crippen LogP contribution < -0.4 is 0 Å². The van der Waals surface area contributed by atoms with Gasteiger partial charge in [0.15, 0.2) is 0 Å². The van der Waals surface area contributed by atoms with Gasteiger partial charge in [0.1, 0.15) is 0 Å². The van der Waals surface area contributed by atoms with Crippen LogP contribution in [0.1, 0.15) is 49.7 Å². The van der Waals surface area contributed by atoms with Gasteiger partial charge in [-0.1, -0.05) is 43.2 Å². The number of allylic oxidation sites excluding steroid dienone is 1. The topological polar surface area (TPSA) is 9.23 Å². The Bertz CT molecular complexity index is 385. The van der Waals surface area contributed by atoms with Crippen molar-refractivity contribution in [2.75, 3.05) is 7.11 Å². The van der Waals surface area contributed by atoms with Crippen LogP contribution in [0.5, 0.6) is 0 Å². The van der Waals surface area contributed by atoms with Crippen molar-refractivity contribution in [1.82, 2.24) is 0 Å². The van der Waals surface area contributed by atoms with E-state index in [1.165, 1.54) is 56.1 Å². The predicted molar refractivity (Wildman–Crippen MR) is 85.7 cm³/mol. The van der Waals surface area contributed by atoms with Gasteiger partial charge in [0, 0.05) is 7.11 Å². The van der Waals surface area contributed by atoms with Crippen molar-refractivity contribution in [2.24, 2.45) is 11.8 Å². The average Bonchev–Trinajstić information content (AvgIpc) is 2.49. The molecule has 0 spiro atoms. The van der Waals surface area contributed by atoms with Crippen molar-refractivity contribution >= 4 is 0 Å². The van der Waals surface area contributed by atoms with Crippen molar-refractivity contribution in [1.29, 1.82) is 0 Å². The minimum Gasteiger partial charge on any atom is -0.380 e. The van der Waals surface area contributed by atoms with Gasteiger partial charge in [-0.05, 0) is 55.1 Å². The molecule has 1 aromatic carbocycles. The fourth-order valence-electron chi connectivity index (χ4n) is 3.33. The molecular formula is C19H28O. The number of methoxy groups -OCH3 is 1. The molecule has 1 nitrogen and oxygen atoms in total. The van der Waals surface area contributed by atoms with Gasteiger partial charge in [-0.3, -0.25) is 0 Å². The minimum atomic E-state index is 0.716. The van der Waals surface area contributed by atoms with Crippen LogP contribution in [0.25, 0.3) is 0 Å². The second-order valence-electron chi connectivity index (χ2n) is 6.20. The van der Waals surface area contributed by atoms with Crippen LogP contribution >= 0.6 is 0 Å². The zero-order chi connectivity index (χ0) is 14.2. The number of aryl methyl sites for hydroxylation is 1. The van der Waals surface area contributed by atoms with Crippen LogP contribution in [0.15, 0.2) is 36.9 Å². The van der Waals surface area contributed by atoms with Crippen LogP contribution in [0, 0.1) is 11.8 Å². The lowest BCUT2D eigenvalue weighted by molar-refractivity contribution is 0.185. The van der Waals surface area contributed by atoms with Crippen molar-refractivity contribution in [3.05, 3.63) is 48.0 Å². The summed E-state index contributed by atoms with van der Waals surface area (Å²) >= 11 is 0. The summed E-state index contributed by atoms with van der Waals surface area (Å²) < 4.78 is 5.15. The Morgan fingerprint density at radius 2 is 1.65 bits per heavy atom. The van der Waals surface area contributed by atoms with E-state index in [-0.39, 0.29) is 0 Å². The molecule has 0 aliphatic heterocycles. The third-order valence-electron chi connectivity index (χ3n) is 4.64. The van der Waals surface area contributed by atoms with Crippen molar-refractivity contribution in [2.45, 2.75) is 51.6 Å².